The lowest BCUT2D eigenvalue weighted by Gasteiger charge is -2.10. The second-order valence-electron chi connectivity index (χ2n) is 7.53. The van der Waals surface area contributed by atoms with E-state index >= 15 is 0 Å². The van der Waals surface area contributed by atoms with Crippen LogP contribution in [-0.2, 0) is 16.0 Å². The minimum Gasteiger partial charge on any atom is -0.338 e. The molecule has 8 heteroatoms. The van der Waals surface area contributed by atoms with Crippen LogP contribution in [0, 0.1) is 18.3 Å². The van der Waals surface area contributed by atoms with Gasteiger partial charge in [-0.25, -0.2) is 0 Å². The minimum absolute atomic E-state index is 0.0861. The number of rotatable bonds is 5. The van der Waals surface area contributed by atoms with E-state index in [9.17, 15) is 19.6 Å². The Bertz CT molecular complexity index is 1460. The minimum atomic E-state index is -0.251. The van der Waals surface area contributed by atoms with Crippen molar-refractivity contribution in [1.29, 1.82) is 5.26 Å². The fraction of sp³-hybridized carbons (Fsp3) is 0.167. The highest BCUT2D eigenvalue weighted by Gasteiger charge is 2.19. The van der Waals surface area contributed by atoms with Gasteiger partial charge in [-0.05, 0) is 55.3 Å². The van der Waals surface area contributed by atoms with Gasteiger partial charge < -0.3 is 15.6 Å². The second-order valence-corrected chi connectivity index (χ2v) is 7.53. The zero-order valence-electron chi connectivity index (χ0n) is 17.7. The number of H-pyrrole nitrogens is 1. The number of benzene rings is 2. The summed E-state index contributed by atoms with van der Waals surface area (Å²) < 4.78 is 1.51. The van der Waals surface area contributed by atoms with E-state index in [1.165, 1.54) is 11.3 Å². The molecular weight excluding hydrogens is 406 g/mol. The highest BCUT2D eigenvalue weighted by molar-refractivity contribution is 5.92. The van der Waals surface area contributed by atoms with E-state index in [2.05, 4.69) is 21.7 Å². The van der Waals surface area contributed by atoms with Gasteiger partial charge in [-0.3, -0.25) is 18.8 Å². The molecule has 0 spiro atoms. The Kier molecular flexibility index (Phi) is 5.48. The van der Waals surface area contributed by atoms with Crippen molar-refractivity contribution in [2.75, 3.05) is 10.6 Å². The molecule has 2 heterocycles. The third kappa shape index (κ3) is 3.84. The Morgan fingerprint density at radius 2 is 1.72 bits per heavy atom. The van der Waals surface area contributed by atoms with Crippen molar-refractivity contribution >= 4 is 39.9 Å². The van der Waals surface area contributed by atoms with Crippen LogP contribution in [0.4, 0.5) is 11.4 Å². The van der Waals surface area contributed by atoms with E-state index in [-0.39, 0.29) is 30.2 Å². The van der Waals surface area contributed by atoms with Crippen LogP contribution in [0.25, 0.3) is 16.7 Å². The highest BCUT2D eigenvalue weighted by atomic mass is 16.2. The van der Waals surface area contributed by atoms with Gasteiger partial charge in [0.2, 0.25) is 11.8 Å². The van der Waals surface area contributed by atoms with Crippen LogP contribution in [0.5, 0.6) is 0 Å². The highest BCUT2D eigenvalue weighted by Crippen LogP contribution is 2.22. The number of nitrogens with zero attached hydrogens (tertiary/aromatic N) is 2. The Labute approximate surface area is 183 Å². The maximum Gasteiger partial charge on any atom is 0.260 e. The number of anilines is 2. The van der Waals surface area contributed by atoms with Crippen molar-refractivity contribution < 1.29 is 9.59 Å². The van der Waals surface area contributed by atoms with Crippen LogP contribution < -0.4 is 16.2 Å². The van der Waals surface area contributed by atoms with Crippen LogP contribution in [0.3, 0.4) is 0 Å². The number of carbonyl (C=O) groups excluding carboxylic acids is 2. The number of hydrogen-bond acceptors (Lipinski definition) is 4. The molecule has 0 radical (unpaired) electrons. The number of aromatic amines is 1. The molecule has 3 N–H and O–H groups in total. The molecular formula is C24H21N5O3. The van der Waals surface area contributed by atoms with Crippen molar-refractivity contribution in [3.63, 3.8) is 0 Å². The van der Waals surface area contributed by atoms with Crippen LogP contribution in [0.1, 0.15) is 30.0 Å². The average Bonchev–Trinajstić information content (AvgIpc) is 3.14. The Morgan fingerprint density at radius 3 is 2.38 bits per heavy atom. The second kappa shape index (κ2) is 8.40. The van der Waals surface area contributed by atoms with Crippen molar-refractivity contribution in [2.24, 2.45) is 0 Å². The third-order valence-electron chi connectivity index (χ3n) is 5.35. The fourth-order valence-electron chi connectivity index (χ4n) is 3.82. The predicted octanol–water partition coefficient (Wildman–Crippen LogP) is 3.49. The normalized spacial score (nSPS) is 10.8. The molecule has 4 aromatic rings. The van der Waals surface area contributed by atoms with Gasteiger partial charge in [0.15, 0.2) is 0 Å². The van der Waals surface area contributed by atoms with Crippen LogP contribution >= 0.6 is 0 Å². The van der Waals surface area contributed by atoms with Gasteiger partial charge in [0, 0.05) is 30.3 Å². The topological polar surface area (TPSA) is 119 Å². The fourth-order valence-corrected chi connectivity index (χ4v) is 3.82. The Hall–Kier alpha value is -4.38. The van der Waals surface area contributed by atoms with E-state index in [1.807, 2.05) is 24.3 Å². The summed E-state index contributed by atoms with van der Waals surface area (Å²) in [5.41, 5.74) is 4.32. The summed E-state index contributed by atoms with van der Waals surface area (Å²) in [6.07, 6.45) is 0.292. The summed E-state index contributed by atoms with van der Waals surface area (Å²) in [6, 6.07) is 16.3. The molecule has 0 saturated carbocycles. The van der Waals surface area contributed by atoms with Crippen LogP contribution in [0.2, 0.25) is 0 Å². The molecule has 0 aliphatic heterocycles. The quantitative estimate of drug-likeness (QED) is 0.452. The number of para-hydroxylation sites is 2. The van der Waals surface area contributed by atoms with Gasteiger partial charge in [0.25, 0.3) is 5.56 Å². The van der Waals surface area contributed by atoms with Gasteiger partial charge in [-0.15, -0.1) is 0 Å². The zero-order chi connectivity index (χ0) is 22.8. The van der Waals surface area contributed by atoms with Crippen molar-refractivity contribution in [1.82, 2.24) is 9.38 Å². The third-order valence-corrected chi connectivity index (χ3v) is 5.35. The first-order valence-corrected chi connectivity index (χ1v) is 10.1. The van der Waals surface area contributed by atoms with Gasteiger partial charge in [-0.1, -0.05) is 12.1 Å². The molecule has 4 rings (SSSR count). The first kappa shape index (κ1) is 20.9. The lowest BCUT2D eigenvalue weighted by atomic mass is 10.0. The predicted molar refractivity (Wildman–Crippen MR) is 123 cm³/mol. The van der Waals surface area contributed by atoms with Crippen LogP contribution in [-0.4, -0.2) is 21.2 Å². The average molecular weight is 427 g/mol. The van der Waals surface area contributed by atoms with Crippen LogP contribution in [0.15, 0.2) is 53.3 Å². The summed E-state index contributed by atoms with van der Waals surface area (Å²) in [6.45, 7) is 3.16. The Morgan fingerprint density at radius 1 is 1.06 bits per heavy atom. The molecule has 2 aromatic carbocycles. The summed E-state index contributed by atoms with van der Waals surface area (Å²) in [5, 5.41) is 15.2. The molecule has 0 aliphatic carbocycles. The SMILES string of the molecule is CC(=O)Nc1ccc(NC(=O)CCc2c(C)c(C#N)c3[nH]c4ccccc4n3c2=O)cc1. The molecule has 0 unspecified atom stereocenters. The molecule has 0 saturated heterocycles. The molecule has 0 fully saturated rings. The van der Waals surface area contributed by atoms with E-state index in [1.54, 1.807) is 31.2 Å². The van der Waals surface area contributed by atoms with E-state index < -0.39 is 0 Å². The number of nitriles is 1. The number of pyridine rings is 1. The van der Waals surface area contributed by atoms with Crippen molar-refractivity contribution in [2.45, 2.75) is 26.7 Å². The summed E-state index contributed by atoms with van der Waals surface area (Å²) in [4.78, 5) is 40.0. The molecule has 0 bridgehead atoms. The van der Waals surface area contributed by atoms with E-state index in [4.69, 9.17) is 0 Å². The molecule has 2 aromatic heterocycles. The van der Waals surface area contributed by atoms with Gasteiger partial charge in [0.05, 0.1) is 16.6 Å². The number of aromatic nitrogens is 2. The zero-order valence-corrected chi connectivity index (χ0v) is 17.7. The molecule has 32 heavy (non-hydrogen) atoms. The molecule has 0 aliphatic rings. The largest absolute Gasteiger partial charge is 0.338 e. The van der Waals surface area contributed by atoms with Gasteiger partial charge >= 0.3 is 0 Å². The summed E-state index contributed by atoms with van der Waals surface area (Å²) in [7, 11) is 0. The monoisotopic (exact) mass is 427 g/mol. The van der Waals surface area contributed by atoms with Crippen molar-refractivity contribution in [3.8, 4) is 6.07 Å². The number of amides is 2. The molecule has 0 atom stereocenters. The first-order valence-electron chi connectivity index (χ1n) is 10.1. The molecule has 2 amide bonds. The van der Waals surface area contributed by atoms with Gasteiger partial charge in [-0.2, -0.15) is 5.26 Å². The van der Waals surface area contributed by atoms with Gasteiger partial charge in [0.1, 0.15) is 11.7 Å². The number of carbonyl (C=O) groups is 2. The molecule has 8 nitrogen and oxygen atoms in total. The van der Waals surface area contributed by atoms with E-state index in [0.717, 1.165) is 5.52 Å². The summed E-state index contributed by atoms with van der Waals surface area (Å²) >= 11 is 0. The summed E-state index contributed by atoms with van der Waals surface area (Å²) in [5.74, 6) is -0.425. The van der Waals surface area contributed by atoms with E-state index in [0.29, 0.717) is 39.2 Å². The molecule has 160 valence electrons. The number of imidazole rings is 1. The maximum absolute atomic E-state index is 13.3. The lowest BCUT2D eigenvalue weighted by Crippen LogP contribution is -2.23. The Balaban J connectivity index is 1.58. The maximum atomic E-state index is 13.3. The lowest BCUT2D eigenvalue weighted by molar-refractivity contribution is -0.116. The first-order chi connectivity index (χ1) is 15.4. The standard InChI is InChI=1S/C24H21N5O3/c1-14-18(11-12-22(31)27-17-9-7-16(8-10-17)26-15(2)30)24(32)29-21-6-4-3-5-20(21)28-23(29)19(14)13-25/h3-10,28H,11-12H2,1-2H3,(H,26,30)(H,27,31). The smallest absolute Gasteiger partial charge is 0.260 e. The number of fused-ring (bicyclic) bond motifs is 3. The van der Waals surface area contributed by atoms with Crippen molar-refractivity contribution in [3.05, 3.63) is 75.6 Å². The number of hydrogen-bond donors (Lipinski definition) is 3. The number of nitrogens with one attached hydrogen (secondary N) is 3.